The molecule has 0 aromatic heterocycles. The molecule has 1 aliphatic heterocycles. The fourth-order valence-electron chi connectivity index (χ4n) is 2.29. The summed E-state index contributed by atoms with van der Waals surface area (Å²) in [5.41, 5.74) is 7.80. The smallest absolute Gasteiger partial charge is 0.0479 e. The lowest BCUT2D eigenvalue weighted by Crippen LogP contribution is -2.42. The van der Waals surface area contributed by atoms with Crippen LogP contribution in [0.25, 0.3) is 0 Å². The molecule has 0 radical (unpaired) electrons. The molecule has 1 fully saturated rings. The van der Waals surface area contributed by atoms with Gasteiger partial charge in [0.2, 0.25) is 0 Å². The number of benzene rings is 1. The van der Waals surface area contributed by atoms with E-state index in [1.807, 2.05) is 12.1 Å². The molecule has 3 N–H and O–H groups in total. The number of nitrogen functional groups attached to an aromatic ring is 1. The Balaban J connectivity index is 2.01. The van der Waals surface area contributed by atoms with Crippen molar-refractivity contribution in [2.75, 3.05) is 24.6 Å². The van der Waals surface area contributed by atoms with E-state index in [2.05, 4.69) is 52.8 Å². The molecule has 4 heteroatoms. The summed E-state index contributed by atoms with van der Waals surface area (Å²) in [6.07, 6.45) is 2.41. The summed E-state index contributed by atoms with van der Waals surface area (Å²) in [4.78, 5) is 2.42. The molecule has 1 aromatic rings. The second-order valence-corrected chi connectivity index (χ2v) is 6.10. The van der Waals surface area contributed by atoms with Crippen LogP contribution in [0.15, 0.2) is 18.2 Å². The van der Waals surface area contributed by atoms with Gasteiger partial charge in [-0.2, -0.15) is 0 Å². The molecule has 3 nitrogen and oxygen atoms in total. The maximum absolute atomic E-state index is 5.76. The molecule has 2 atom stereocenters. The summed E-state index contributed by atoms with van der Waals surface area (Å²) < 4.78 is 1.20. The van der Waals surface area contributed by atoms with Crippen molar-refractivity contribution in [2.24, 2.45) is 0 Å². The number of nitrogens with two attached hydrogens (primary N) is 1. The minimum atomic E-state index is 0.582. The number of hydrogen-bond acceptors (Lipinski definition) is 3. The van der Waals surface area contributed by atoms with Gasteiger partial charge < -0.3 is 16.0 Å². The number of rotatable bonds is 2. The minimum Gasteiger partial charge on any atom is -0.399 e. The summed E-state index contributed by atoms with van der Waals surface area (Å²) in [7, 11) is 2.20. The van der Waals surface area contributed by atoms with E-state index in [-0.39, 0.29) is 0 Å². The summed E-state index contributed by atoms with van der Waals surface area (Å²) in [5.74, 6) is 0. The van der Waals surface area contributed by atoms with Gasteiger partial charge in [0.25, 0.3) is 0 Å². The van der Waals surface area contributed by atoms with Crippen LogP contribution in [0.4, 0.5) is 11.4 Å². The van der Waals surface area contributed by atoms with Gasteiger partial charge in [-0.1, -0.05) is 0 Å². The van der Waals surface area contributed by atoms with Gasteiger partial charge in [-0.05, 0) is 67.6 Å². The number of anilines is 2. The molecular weight excluding hydrogens is 325 g/mol. The van der Waals surface area contributed by atoms with Crippen LogP contribution in [-0.2, 0) is 0 Å². The van der Waals surface area contributed by atoms with Crippen molar-refractivity contribution in [1.82, 2.24) is 4.90 Å². The van der Waals surface area contributed by atoms with Gasteiger partial charge in [-0.25, -0.2) is 0 Å². The number of nitrogens with zero attached hydrogens (tertiary/aromatic N) is 1. The highest BCUT2D eigenvalue weighted by atomic mass is 127. The summed E-state index contributed by atoms with van der Waals surface area (Å²) >= 11 is 2.34. The highest BCUT2D eigenvalue weighted by Crippen LogP contribution is 2.25. The zero-order valence-corrected chi connectivity index (χ0v) is 12.6. The zero-order chi connectivity index (χ0) is 12.4. The van der Waals surface area contributed by atoms with Crippen LogP contribution < -0.4 is 11.1 Å². The third-order valence-corrected chi connectivity index (χ3v) is 4.45. The van der Waals surface area contributed by atoms with Gasteiger partial charge in [0.1, 0.15) is 0 Å². The molecule has 1 aromatic carbocycles. The van der Waals surface area contributed by atoms with Gasteiger partial charge in [0, 0.05) is 33.6 Å². The first-order valence-corrected chi connectivity index (χ1v) is 7.16. The topological polar surface area (TPSA) is 41.3 Å². The largest absolute Gasteiger partial charge is 0.399 e. The van der Waals surface area contributed by atoms with Crippen LogP contribution in [0.1, 0.15) is 19.8 Å². The van der Waals surface area contributed by atoms with Crippen LogP contribution in [0.3, 0.4) is 0 Å². The predicted molar refractivity (Wildman–Crippen MR) is 82.3 cm³/mol. The highest BCUT2D eigenvalue weighted by Gasteiger charge is 2.22. The van der Waals surface area contributed by atoms with Gasteiger partial charge >= 0.3 is 0 Å². The summed E-state index contributed by atoms with van der Waals surface area (Å²) in [6, 6.07) is 7.30. The highest BCUT2D eigenvalue weighted by molar-refractivity contribution is 14.1. The Labute approximate surface area is 117 Å². The van der Waals surface area contributed by atoms with E-state index < -0.39 is 0 Å². The van der Waals surface area contributed by atoms with Crippen molar-refractivity contribution in [2.45, 2.75) is 31.8 Å². The van der Waals surface area contributed by atoms with Crippen LogP contribution in [0, 0.1) is 3.57 Å². The van der Waals surface area contributed by atoms with Crippen molar-refractivity contribution in [3.05, 3.63) is 21.8 Å². The fourth-order valence-corrected chi connectivity index (χ4v) is 2.98. The lowest BCUT2D eigenvalue weighted by Gasteiger charge is -2.36. The first-order chi connectivity index (χ1) is 8.06. The normalized spacial score (nSPS) is 25.8. The van der Waals surface area contributed by atoms with E-state index in [1.165, 1.54) is 28.6 Å². The van der Waals surface area contributed by atoms with E-state index >= 15 is 0 Å². The van der Waals surface area contributed by atoms with E-state index in [9.17, 15) is 0 Å². The number of nitrogens with one attached hydrogen (secondary N) is 1. The van der Waals surface area contributed by atoms with Crippen molar-refractivity contribution in [1.29, 1.82) is 0 Å². The second-order valence-electron chi connectivity index (χ2n) is 4.93. The number of halogens is 1. The molecule has 1 saturated heterocycles. The van der Waals surface area contributed by atoms with Crippen molar-refractivity contribution >= 4 is 34.0 Å². The monoisotopic (exact) mass is 345 g/mol. The Morgan fingerprint density at radius 3 is 2.88 bits per heavy atom. The second kappa shape index (κ2) is 5.44. The number of likely N-dealkylation sites (tertiary alicyclic amines) is 1. The molecule has 2 rings (SSSR count). The van der Waals surface area contributed by atoms with Crippen LogP contribution in [0.5, 0.6) is 0 Å². The molecular formula is C13H20IN3. The van der Waals surface area contributed by atoms with E-state index in [1.54, 1.807) is 0 Å². The zero-order valence-electron chi connectivity index (χ0n) is 10.4. The summed E-state index contributed by atoms with van der Waals surface area (Å²) in [6.45, 7) is 3.46. The molecule has 0 bridgehead atoms. The van der Waals surface area contributed by atoms with Crippen molar-refractivity contribution in [3.8, 4) is 0 Å². The molecule has 0 aliphatic carbocycles. The van der Waals surface area contributed by atoms with E-state index in [4.69, 9.17) is 5.73 Å². The Kier molecular flexibility index (Phi) is 4.14. The predicted octanol–water partition coefficient (Wildman–Crippen LogP) is 2.77. The molecule has 0 saturated carbocycles. The molecule has 0 amide bonds. The van der Waals surface area contributed by atoms with E-state index in [0.717, 1.165) is 5.69 Å². The van der Waals surface area contributed by atoms with Crippen LogP contribution in [-0.4, -0.2) is 30.6 Å². The number of hydrogen-bond donors (Lipinski definition) is 2. The Morgan fingerprint density at radius 2 is 2.24 bits per heavy atom. The first kappa shape index (κ1) is 13.0. The maximum atomic E-state index is 5.76. The molecule has 94 valence electrons. The lowest BCUT2D eigenvalue weighted by molar-refractivity contribution is 0.190. The van der Waals surface area contributed by atoms with Gasteiger partial charge in [-0.15, -0.1) is 0 Å². The molecule has 2 unspecified atom stereocenters. The average molecular weight is 345 g/mol. The molecule has 1 heterocycles. The third kappa shape index (κ3) is 3.25. The minimum absolute atomic E-state index is 0.582. The standard InChI is InChI=1S/C13H20IN3/c1-9-7-11(5-6-17(9)2)16-13-4-3-10(15)8-12(13)14/h3-4,8-9,11,16H,5-7,15H2,1-2H3. The Morgan fingerprint density at radius 1 is 1.47 bits per heavy atom. The van der Waals surface area contributed by atoms with Crippen LogP contribution >= 0.6 is 22.6 Å². The van der Waals surface area contributed by atoms with Gasteiger partial charge in [0.05, 0.1) is 0 Å². The molecule has 0 spiro atoms. The van der Waals surface area contributed by atoms with Crippen molar-refractivity contribution in [3.63, 3.8) is 0 Å². The quantitative estimate of drug-likeness (QED) is 0.640. The average Bonchev–Trinajstić information content (AvgIpc) is 2.27. The number of piperidine rings is 1. The van der Waals surface area contributed by atoms with E-state index in [0.29, 0.717) is 12.1 Å². The third-order valence-electron chi connectivity index (χ3n) is 3.56. The van der Waals surface area contributed by atoms with Crippen molar-refractivity contribution < 1.29 is 0 Å². The lowest BCUT2D eigenvalue weighted by atomic mass is 9.98. The van der Waals surface area contributed by atoms with Gasteiger partial charge in [0.15, 0.2) is 0 Å². The van der Waals surface area contributed by atoms with Crippen LogP contribution in [0.2, 0.25) is 0 Å². The Bertz CT molecular complexity index is 394. The maximum Gasteiger partial charge on any atom is 0.0479 e. The molecule has 17 heavy (non-hydrogen) atoms. The summed E-state index contributed by atoms with van der Waals surface area (Å²) in [5, 5.41) is 3.64. The Hall–Kier alpha value is -0.490. The van der Waals surface area contributed by atoms with Gasteiger partial charge in [-0.3, -0.25) is 0 Å². The first-order valence-electron chi connectivity index (χ1n) is 6.08. The SMILES string of the molecule is CC1CC(Nc2ccc(N)cc2I)CCN1C. The fraction of sp³-hybridized carbons (Fsp3) is 0.538. The molecule has 1 aliphatic rings.